The molecule has 58 valence electrons. The lowest BCUT2D eigenvalue weighted by atomic mass is 10.2. The van der Waals surface area contributed by atoms with E-state index in [-0.39, 0.29) is 6.61 Å². The van der Waals surface area contributed by atoms with Crippen LogP contribution in [0.3, 0.4) is 0 Å². The van der Waals surface area contributed by atoms with Gasteiger partial charge in [-0.1, -0.05) is 0 Å². The average molecular weight is 151 g/mol. The van der Waals surface area contributed by atoms with Crippen molar-refractivity contribution in [2.24, 2.45) is 0 Å². The summed E-state index contributed by atoms with van der Waals surface area (Å²) in [5, 5.41) is 0. The summed E-state index contributed by atoms with van der Waals surface area (Å²) >= 11 is 0. The maximum Gasteiger partial charge on any atom is 0.293 e. The molecule has 0 fully saturated rings. The van der Waals surface area contributed by atoms with Crippen LogP contribution in [0.1, 0.15) is 11.3 Å². The van der Waals surface area contributed by atoms with Gasteiger partial charge in [-0.3, -0.25) is 9.78 Å². The van der Waals surface area contributed by atoms with Crippen LogP contribution in [-0.4, -0.2) is 11.5 Å². The van der Waals surface area contributed by atoms with E-state index in [0.29, 0.717) is 6.47 Å². The molecular formula is C8H9NO2. The van der Waals surface area contributed by atoms with Crippen LogP contribution in [0, 0.1) is 6.92 Å². The van der Waals surface area contributed by atoms with Crippen molar-refractivity contribution in [3.8, 4) is 0 Å². The highest BCUT2D eigenvalue weighted by molar-refractivity contribution is 5.37. The van der Waals surface area contributed by atoms with Crippen LogP contribution >= 0.6 is 0 Å². The lowest BCUT2D eigenvalue weighted by Crippen LogP contribution is -1.93. The highest BCUT2D eigenvalue weighted by Gasteiger charge is 1.92. The molecule has 1 rings (SSSR count). The Morgan fingerprint density at radius 1 is 1.73 bits per heavy atom. The lowest BCUT2D eigenvalue weighted by Gasteiger charge is -1.98. The molecule has 3 nitrogen and oxygen atoms in total. The summed E-state index contributed by atoms with van der Waals surface area (Å²) in [4.78, 5) is 13.8. The summed E-state index contributed by atoms with van der Waals surface area (Å²) in [7, 11) is 0. The van der Waals surface area contributed by atoms with Crippen LogP contribution in [0.15, 0.2) is 18.3 Å². The zero-order chi connectivity index (χ0) is 8.10. The standard InChI is InChI=1S/C8H9NO2/c1-7-2-3-9-8(4-7)5-11-6-10/h2-4,6H,5H2,1H3. The first kappa shape index (κ1) is 7.72. The number of aryl methyl sites for hydroxylation is 1. The molecule has 0 saturated carbocycles. The highest BCUT2D eigenvalue weighted by Crippen LogP contribution is 2.00. The summed E-state index contributed by atoms with van der Waals surface area (Å²) in [6, 6.07) is 3.77. The molecule has 0 amide bonds. The maximum atomic E-state index is 9.81. The van der Waals surface area contributed by atoms with Crippen LogP contribution in [0.25, 0.3) is 0 Å². The van der Waals surface area contributed by atoms with E-state index in [1.54, 1.807) is 6.20 Å². The third kappa shape index (κ3) is 2.37. The van der Waals surface area contributed by atoms with E-state index in [0.717, 1.165) is 11.3 Å². The fourth-order valence-electron chi connectivity index (χ4n) is 0.797. The summed E-state index contributed by atoms with van der Waals surface area (Å²) in [6.45, 7) is 2.64. The van der Waals surface area contributed by atoms with Gasteiger partial charge in [0.15, 0.2) is 0 Å². The number of aromatic nitrogens is 1. The molecule has 0 bridgehead atoms. The molecule has 0 saturated heterocycles. The zero-order valence-electron chi connectivity index (χ0n) is 6.28. The van der Waals surface area contributed by atoms with E-state index in [9.17, 15) is 4.79 Å². The van der Waals surface area contributed by atoms with Crippen molar-refractivity contribution in [1.82, 2.24) is 4.98 Å². The van der Waals surface area contributed by atoms with Crippen molar-refractivity contribution in [2.75, 3.05) is 0 Å². The molecule has 1 heterocycles. The minimum absolute atomic E-state index is 0.255. The van der Waals surface area contributed by atoms with Gasteiger partial charge in [0.2, 0.25) is 0 Å². The van der Waals surface area contributed by atoms with E-state index >= 15 is 0 Å². The smallest absolute Gasteiger partial charge is 0.293 e. The first-order chi connectivity index (χ1) is 5.33. The van der Waals surface area contributed by atoms with E-state index < -0.39 is 0 Å². The normalized spacial score (nSPS) is 9.18. The fraction of sp³-hybridized carbons (Fsp3) is 0.250. The lowest BCUT2D eigenvalue weighted by molar-refractivity contribution is -0.129. The third-order valence-corrected chi connectivity index (χ3v) is 1.27. The van der Waals surface area contributed by atoms with Gasteiger partial charge in [0, 0.05) is 6.20 Å². The van der Waals surface area contributed by atoms with Gasteiger partial charge in [-0.25, -0.2) is 0 Å². The van der Waals surface area contributed by atoms with E-state index in [1.165, 1.54) is 0 Å². The Morgan fingerprint density at radius 2 is 2.55 bits per heavy atom. The van der Waals surface area contributed by atoms with Crippen LogP contribution < -0.4 is 0 Å². The molecule has 11 heavy (non-hydrogen) atoms. The highest BCUT2D eigenvalue weighted by atomic mass is 16.5. The second kappa shape index (κ2) is 3.71. The topological polar surface area (TPSA) is 39.2 Å². The monoisotopic (exact) mass is 151 g/mol. The Kier molecular flexibility index (Phi) is 2.60. The van der Waals surface area contributed by atoms with Crippen LogP contribution in [0.4, 0.5) is 0 Å². The Labute approximate surface area is 65.0 Å². The maximum absolute atomic E-state index is 9.81. The Morgan fingerprint density at radius 3 is 3.18 bits per heavy atom. The van der Waals surface area contributed by atoms with E-state index in [4.69, 9.17) is 0 Å². The van der Waals surface area contributed by atoms with Crippen LogP contribution in [0.5, 0.6) is 0 Å². The molecule has 0 aliphatic rings. The molecule has 0 atom stereocenters. The summed E-state index contributed by atoms with van der Waals surface area (Å²) < 4.78 is 4.53. The predicted octanol–water partition coefficient (Wildman–Crippen LogP) is 1.06. The Balaban J connectivity index is 2.63. The summed E-state index contributed by atoms with van der Waals surface area (Å²) in [6.07, 6.45) is 1.69. The minimum Gasteiger partial charge on any atom is -0.461 e. The van der Waals surface area contributed by atoms with Crippen LogP contribution in [-0.2, 0) is 16.1 Å². The van der Waals surface area contributed by atoms with Crippen molar-refractivity contribution in [2.45, 2.75) is 13.5 Å². The third-order valence-electron chi connectivity index (χ3n) is 1.27. The molecule has 1 aromatic rings. The Hall–Kier alpha value is -1.38. The number of hydrogen-bond donors (Lipinski definition) is 0. The summed E-state index contributed by atoms with van der Waals surface area (Å²) in [5.41, 5.74) is 1.89. The zero-order valence-corrected chi connectivity index (χ0v) is 6.28. The molecular weight excluding hydrogens is 142 g/mol. The quantitative estimate of drug-likeness (QED) is 0.606. The molecule has 0 unspecified atom stereocenters. The number of carbonyl (C=O) groups is 1. The van der Waals surface area contributed by atoms with Gasteiger partial charge in [0.25, 0.3) is 6.47 Å². The number of ether oxygens (including phenoxy) is 1. The molecule has 0 aromatic carbocycles. The SMILES string of the molecule is Cc1ccnc(COC=O)c1. The van der Waals surface area contributed by atoms with Gasteiger partial charge in [0.05, 0.1) is 5.69 Å². The predicted molar refractivity (Wildman–Crippen MR) is 39.8 cm³/mol. The molecule has 0 aliphatic carbocycles. The van der Waals surface area contributed by atoms with Gasteiger partial charge in [0.1, 0.15) is 6.61 Å². The minimum atomic E-state index is 0.255. The van der Waals surface area contributed by atoms with Crippen molar-refractivity contribution in [1.29, 1.82) is 0 Å². The first-order valence-electron chi connectivity index (χ1n) is 3.29. The number of nitrogens with zero attached hydrogens (tertiary/aromatic N) is 1. The summed E-state index contributed by atoms with van der Waals surface area (Å²) in [5.74, 6) is 0. The van der Waals surface area contributed by atoms with Crippen molar-refractivity contribution in [3.05, 3.63) is 29.6 Å². The van der Waals surface area contributed by atoms with Crippen molar-refractivity contribution >= 4 is 6.47 Å². The first-order valence-corrected chi connectivity index (χ1v) is 3.29. The van der Waals surface area contributed by atoms with Crippen LogP contribution in [0.2, 0.25) is 0 Å². The second-order valence-corrected chi connectivity index (χ2v) is 2.23. The molecule has 0 aliphatic heterocycles. The number of pyridine rings is 1. The van der Waals surface area contributed by atoms with Gasteiger partial charge >= 0.3 is 0 Å². The van der Waals surface area contributed by atoms with Crippen molar-refractivity contribution < 1.29 is 9.53 Å². The number of rotatable bonds is 3. The van der Waals surface area contributed by atoms with E-state index in [1.807, 2.05) is 19.1 Å². The number of hydrogen-bond acceptors (Lipinski definition) is 3. The van der Waals surface area contributed by atoms with Gasteiger partial charge in [-0.15, -0.1) is 0 Å². The van der Waals surface area contributed by atoms with E-state index in [2.05, 4.69) is 9.72 Å². The molecule has 0 N–H and O–H groups in total. The molecule has 3 heteroatoms. The van der Waals surface area contributed by atoms with Gasteiger partial charge < -0.3 is 4.74 Å². The number of carbonyl (C=O) groups excluding carboxylic acids is 1. The second-order valence-electron chi connectivity index (χ2n) is 2.23. The van der Waals surface area contributed by atoms with Gasteiger partial charge in [-0.05, 0) is 24.6 Å². The van der Waals surface area contributed by atoms with Gasteiger partial charge in [-0.2, -0.15) is 0 Å². The average Bonchev–Trinajstić information content (AvgIpc) is 2.01. The molecule has 0 radical (unpaired) electrons. The Bertz CT molecular complexity index is 248. The van der Waals surface area contributed by atoms with Crippen molar-refractivity contribution in [3.63, 3.8) is 0 Å². The molecule has 1 aromatic heterocycles. The molecule has 0 spiro atoms. The largest absolute Gasteiger partial charge is 0.461 e. The fourth-order valence-corrected chi connectivity index (χ4v) is 0.797.